The van der Waals surface area contributed by atoms with Gasteiger partial charge in [-0.3, -0.25) is 4.79 Å². The van der Waals surface area contributed by atoms with E-state index in [9.17, 15) is 4.79 Å². The van der Waals surface area contributed by atoms with Gasteiger partial charge in [-0.25, -0.2) is 0 Å². The van der Waals surface area contributed by atoms with E-state index in [1.165, 1.54) is 6.26 Å². The Bertz CT molecular complexity index is 662. The fraction of sp³-hybridized carbons (Fsp3) is 0.312. The van der Waals surface area contributed by atoms with Crippen LogP contribution in [0.2, 0.25) is 0 Å². The predicted octanol–water partition coefficient (Wildman–Crippen LogP) is 2.98. The molecular weight excluding hydrogens is 270 g/mol. The topological polar surface area (TPSA) is 51.9 Å². The Balaban J connectivity index is 1.78. The van der Waals surface area contributed by atoms with Gasteiger partial charge in [-0.2, -0.15) is 0 Å². The average Bonchev–Trinajstić information content (AvgIpc) is 3.12. The van der Waals surface area contributed by atoms with Crippen molar-refractivity contribution in [3.05, 3.63) is 47.4 Å². The first-order chi connectivity index (χ1) is 10.2. The molecule has 1 aliphatic rings. The standard InChI is InChI=1S/C16H17NO4/c1-3-17(16(18)15-11(2)6-7-19-15)9-12-4-5-13-14(8-12)21-10-20-13/h4-8H,3,9-10H2,1-2H3. The summed E-state index contributed by atoms with van der Waals surface area (Å²) < 4.78 is 15.9. The first-order valence-corrected chi connectivity index (χ1v) is 6.91. The zero-order valence-corrected chi connectivity index (χ0v) is 12.1. The Kier molecular flexibility index (Phi) is 3.56. The molecule has 0 saturated heterocycles. The Morgan fingerprint density at radius 1 is 1.24 bits per heavy atom. The van der Waals surface area contributed by atoms with Crippen LogP contribution in [0.3, 0.4) is 0 Å². The van der Waals surface area contributed by atoms with Crippen molar-refractivity contribution in [3.8, 4) is 11.5 Å². The summed E-state index contributed by atoms with van der Waals surface area (Å²) in [7, 11) is 0. The number of rotatable bonds is 4. The summed E-state index contributed by atoms with van der Waals surface area (Å²) in [5.41, 5.74) is 1.85. The second kappa shape index (κ2) is 5.52. The Morgan fingerprint density at radius 3 is 2.76 bits per heavy atom. The summed E-state index contributed by atoms with van der Waals surface area (Å²) in [6.07, 6.45) is 1.54. The highest BCUT2D eigenvalue weighted by molar-refractivity contribution is 5.92. The summed E-state index contributed by atoms with van der Waals surface area (Å²) in [5.74, 6) is 1.77. The molecule has 0 saturated carbocycles. The number of nitrogens with zero attached hydrogens (tertiary/aromatic N) is 1. The van der Waals surface area contributed by atoms with Crippen molar-refractivity contribution < 1.29 is 18.7 Å². The van der Waals surface area contributed by atoms with Gasteiger partial charge in [-0.1, -0.05) is 6.07 Å². The number of benzene rings is 1. The number of amides is 1. The van der Waals surface area contributed by atoms with Gasteiger partial charge in [0, 0.05) is 18.7 Å². The predicted molar refractivity (Wildman–Crippen MR) is 76.4 cm³/mol. The highest BCUT2D eigenvalue weighted by Crippen LogP contribution is 2.32. The molecule has 1 amide bonds. The van der Waals surface area contributed by atoms with E-state index in [2.05, 4.69) is 0 Å². The quantitative estimate of drug-likeness (QED) is 0.867. The molecule has 0 bridgehead atoms. The SMILES string of the molecule is CCN(Cc1ccc2c(c1)OCO2)C(=O)c1occc1C. The van der Waals surface area contributed by atoms with E-state index in [-0.39, 0.29) is 12.7 Å². The number of carbonyl (C=O) groups excluding carboxylic acids is 1. The number of furan rings is 1. The van der Waals surface area contributed by atoms with Crippen molar-refractivity contribution in [1.82, 2.24) is 4.90 Å². The van der Waals surface area contributed by atoms with Crippen molar-refractivity contribution in [2.75, 3.05) is 13.3 Å². The molecule has 1 aromatic carbocycles. The second-order valence-corrected chi connectivity index (χ2v) is 4.94. The van der Waals surface area contributed by atoms with E-state index >= 15 is 0 Å². The molecule has 1 aromatic heterocycles. The summed E-state index contributed by atoms with van der Waals surface area (Å²) in [4.78, 5) is 14.2. The van der Waals surface area contributed by atoms with Gasteiger partial charge in [0.25, 0.3) is 5.91 Å². The molecule has 1 aliphatic heterocycles. The molecule has 0 atom stereocenters. The van der Waals surface area contributed by atoms with E-state index in [4.69, 9.17) is 13.9 Å². The molecule has 2 heterocycles. The molecule has 110 valence electrons. The van der Waals surface area contributed by atoms with Gasteiger partial charge in [-0.05, 0) is 37.6 Å². The highest BCUT2D eigenvalue weighted by Gasteiger charge is 2.21. The van der Waals surface area contributed by atoms with Crippen molar-refractivity contribution >= 4 is 5.91 Å². The normalized spacial score (nSPS) is 12.5. The van der Waals surface area contributed by atoms with Gasteiger partial charge >= 0.3 is 0 Å². The molecule has 0 radical (unpaired) electrons. The summed E-state index contributed by atoms with van der Waals surface area (Å²) in [5, 5.41) is 0. The minimum absolute atomic E-state index is 0.0994. The van der Waals surface area contributed by atoms with Crippen LogP contribution in [0.5, 0.6) is 11.5 Å². The van der Waals surface area contributed by atoms with Crippen LogP contribution in [0, 0.1) is 6.92 Å². The summed E-state index contributed by atoms with van der Waals surface area (Å²) in [6, 6.07) is 7.52. The van der Waals surface area contributed by atoms with E-state index in [0.717, 1.165) is 22.6 Å². The Morgan fingerprint density at radius 2 is 2.05 bits per heavy atom. The van der Waals surface area contributed by atoms with Crippen LogP contribution >= 0.6 is 0 Å². The molecule has 0 spiro atoms. The smallest absolute Gasteiger partial charge is 0.290 e. The third-order valence-corrected chi connectivity index (χ3v) is 3.54. The van der Waals surface area contributed by atoms with Gasteiger partial charge in [0.2, 0.25) is 6.79 Å². The van der Waals surface area contributed by atoms with Crippen LogP contribution < -0.4 is 9.47 Å². The third kappa shape index (κ3) is 2.59. The molecule has 2 aromatic rings. The number of fused-ring (bicyclic) bond motifs is 1. The van der Waals surface area contributed by atoms with Crippen molar-refractivity contribution in [1.29, 1.82) is 0 Å². The molecule has 3 rings (SSSR count). The Labute approximate surface area is 123 Å². The first kappa shape index (κ1) is 13.5. The lowest BCUT2D eigenvalue weighted by atomic mass is 10.1. The first-order valence-electron chi connectivity index (χ1n) is 6.91. The van der Waals surface area contributed by atoms with E-state index in [1.807, 2.05) is 32.0 Å². The molecule has 0 unspecified atom stereocenters. The van der Waals surface area contributed by atoms with Crippen LogP contribution in [-0.4, -0.2) is 24.1 Å². The van der Waals surface area contributed by atoms with Crippen molar-refractivity contribution in [2.45, 2.75) is 20.4 Å². The highest BCUT2D eigenvalue weighted by atomic mass is 16.7. The molecule has 5 heteroatoms. The molecule has 0 fully saturated rings. The maximum absolute atomic E-state index is 12.5. The number of carbonyl (C=O) groups is 1. The molecular formula is C16H17NO4. The van der Waals surface area contributed by atoms with Gasteiger partial charge in [0.15, 0.2) is 17.3 Å². The lowest BCUT2D eigenvalue weighted by Crippen LogP contribution is -2.30. The van der Waals surface area contributed by atoms with Crippen molar-refractivity contribution in [3.63, 3.8) is 0 Å². The average molecular weight is 287 g/mol. The zero-order chi connectivity index (χ0) is 14.8. The maximum atomic E-state index is 12.5. The van der Waals surface area contributed by atoms with Crippen LogP contribution in [0.15, 0.2) is 34.9 Å². The minimum Gasteiger partial charge on any atom is -0.459 e. The monoisotopic (exact) mass is 287 g/mol. The van der Waals surface area contributed by atoms with E-state index in [0.29, 0.717) is 18.8 Å². The second-order valence-electron chi connectivity index (χ2n) is 4.94. The van der Waals surface area contributed by atoms with Gasteiger partial charge in [0.05, 0.1) is 6.26 Å². The van der Waals surface area contributed by atoms with Gasteiger partial charge in [0.1, 0.15) is 0 Å². The van der Waals surface area contributed by atoms with Gasteiger partial charge < -0.3 is 18.8 Å². The van der Waals surface area contributed by atoms with Crippen LogP contribution in [0.4, 0.5) is 0 Å². The fourth-order valence-corrected chi connectivity index (χ4v) is 2.32. The molecule has 21 heavy (non-hydrogen) atoms. The van der Waals surface area contributed by atoms with Gasteiger partial charge in [-0.15, -0.1) is 0 Å². The summed E-state index contributed by atoms with van der Waals surface area (Å²) in [6.45, 7) is 5.18. The van der Waals surface area contributed by atoms with E-state index in [1.54, 1.807) is 11.0 Å². The fourth-order valence-electron chi connectivity index (χ4n) is 2.32. The van der Waals surface area contributed by atoms with Crippen molar-refractivity contribution in [2.24, 2.45) is 0 Å². The lowest BCUT2D eigenvalue weighted by molar-refractivity contribution is 0.0719. The van der Waals surface area contributed by atoms with Crippen LogP contribution in [0.25, 0.3) is 0 Å². The molecule has 0 N–H and O–H groups in total. The lowest BCUT2D eigenvalue weighted by Gasteiger charge is -2.20. The van der Waals surface area contributed by atoms with Crippen LogP contribution in [-0.2, 0) is 6.54 Å². The number of ether oxygens (including phenoxy) is 2. The Hall–Kier alpha value is -2.43. The largest absolute Gasteiger partial charge is 0.459 e. The number of aryl methyl sites for hydroxylation is 1. The molecule has 0 aliphatic carbocycles. The minimum atomic E-state index is -0.0994. The number of hydrogen-bond donors (Lipinski definition) is 0. The van der Waals surface area contributed by atoms with E-state index < -0.39 is 0 Å². The van der Waals surface area contributed by atoms with Crippen LogP contribution in [0.1, 0.15) is 28.6 Å². The zero-order valence-electron chi connectivity index (χ0n) is 12.1. The summed E-state index contributed by atoms with van der Waals surface area (Å²) >= 11 is 0. The molecule has 5 nitrogen and oxygen atoms in total. The third-order valence-electron chi connectivity index (χ3n) is 3.54. The maximum Gasteiger partial charge on any atom is 0.290 e. The number of hydrogen-bond acceptors (Lipinski definition) is 4.